The lowest BCUT2D eigenvalue weighted by Crippen LogP contribution is -1.92. The van der Waals surface area contributed by atoms with E-state index in [1.807, 2.05) is 37.3 Å². The molecule has 0 saturated heterocycles. The normalized spacial score (nSPS) is 10.5. The van der Waals surface area contributed by atoms with Crippen molar-refractivity contribution in [2.45, 2.75) is 19.8 Å². The van der Waals surface area contributed by atoms with Crippen LogP contribution in [0.2, 0.25) is 5.02 Å². The van der Waals surface area contributed by atoms with Crippen LogP contribution in [0.1, 0.15) is 29.2 Å². The Morgan fingerprint density at radius 3 is 2.14 bits per heavy atom. The first-order valence-electron chi connectivity index (χ1n) is 9.07. The molecule has 3 aromatic rings. The van der Waals surface area contributed by atoms with E-state index in [2.05, 4.69) is 36.1 Å². The molecular formula is C25H20ClFO. The quantitative estimate of drug-likeness (QED) is 0.353. The summed E-state index contributed by atoms with van der Waals surface area (Å²) in [6.45, 7) is 1.92. The van der Waals surface area contributed by atoms with Crippen LogP contribution in [0.15, 0.2) is 79.1 Å². The molecule has 3 rings (SSSR count). The number of hydrogen-bond acceptors (Lipinski definition) is 1. The highest BCUT2D eigenvalue weighted by Gasteiger charge is 2.00. The maximum absolute atomic E-state index is 13.8. The lowest BCUT2D eigenvalue weighted by Gasteiger charge is -2.04. The standard InChI is InChI=1S/C25H20ClFO/c1-2-17-28-24-15-10-21(11-16-24)8-5-19-3-6-20(7-4-19)9-12-22-13-14-23(26)18-25(22)27/h2-4,6-7,10-11,13-18H,5,8H2,1H3/b17-2+. The van der Waals surface area contributed by atoms with E-state index < -0.39 is 5.82 Å². The molecule has 0 unspecified atom stereocenters. The minimum atomic E-state index is -0.404. The maximum Gasteiger partial charge on any atom is 0.140 e. The lowest BCUT2D eigenvalue weighted by molar-refractivity contribution is 0.480. The smallest absolute Gasteiger partial charge is 0.140 e. The van der Waals surface area contributed by atoms with E-state index in [1.54, 1.807) is 18.4 Å². The van der Waals surface area contributed by atoms with Gasteiger partial charge >= 0.3 is 0 Å². The molecule has 0 amide bonds. The van der Waals surface area contributed by atoms with Crippen molar-refractivity contribution in [2.75, 3.05) is 0 Å². The highest BCUT2D eigenvalue weighted by atomic mass is 35.5. The predicted molar refractivity (Wildman–Crippen MR) is 113 cm³/mol. The van der Waals surface area contributed by atoms with Crippen molar-refractivity contribution in [1.82, 2.24) is 0 Å². The molecule has 3 aromatic carbocycles. The van der Waals surface area contributed by atoms with E-state index in [0.29, 0.717) is 10.6 Å². The molecule has 0 aliphatic rings. The lowest BCUT2D eigenvalue weighted by atomic mass is 10.0. The van der Waals surface area contributed by atoms with Gasteiger partial charge in [-0.25, -0.2) is 4.39 Å². The van der Waals surface area contributed by atoms with Crippen LogP contribution in [0.5, 0.6) is 5.75 Å². The second-order valence-corrected chi connectivity index (χ2v) is 6.74. The summed E-state index contributed by atoms with van der Waals surface area (Å²) in [6, 6.07) is 20.7. The molecule has 0 heterocycles. The monoisotopic (exact) mass is 390 g/mol. The summed E-state index contributed by atoms with van der Waals surface area (Å²) in [4.78, 5) is 0. The summed E-state index contributed by atoms with van der Waals surface area (Å²) < 4.78 is 19.2. The van der Waals surface area contributed by atoms with Gasteiger partial charge < -0.3 is 4.74 Å². The molecule has 28 heavy (non-hydrogen) atoms. The van der Waals surface area contributed by atoms with Crippen molar-refractivity contribution in [3.8, 4) is 17.6 Å². The Morgan fingerprint density at radius 1 is 0.893 bits per heavy atom. The summed E-state index contributed by atoms with van der Waals surface area (Å²) in [6.07, 6.45) is 5.41. The van der Waals surface area contributed by atoms with E-state index in [-0.39, 0.29) is 0 Å². The average Bonchev–Trinajstić information content (AvgIpc) is 2.71. The van der Waals surface area contributed by atoms with Crippen LogP contribution in [0.3, 0.4) is 0 Å². The minimum absolute atomic E-state index is 0.343. The average molecular weight is 391 g/mol. The molecule has 0 atom stereocenters. The van der Waals surface area contributed by atoms with Crippen molar-refractivity contribution in [1.29, 1.82) is 0 Å². The Balaban J connectivity index is 1.58. The molecule has 0 saturated carbocycles. The molecule has 0 spiro atoms. The van der Waals surface area contributed by atoms with Crippen molar-refractivity contribution >= 4 is 11.6 Å². The summed E-state index contributed by atoms with van der Waals surface area (Å²) in [5.41, 5.74) is 3.69. The van der Waals surface area contributed by atoms with Gasteiger partial charge in [0.25, 0.3) is 0 Å². The Labute approximate surface area is 170 Å². The number of halogens is 2. The van der Waals surface area contributed by atoms with Crippen LogP contribution in [-0.4, -0.2) is 0 Å². The maximum atomic E-state index is 13.8. The van der Waals surface area contributed by atoms with Crippen LogP contribution < -0.4 is 4.74 Å². The molecule has 0 aliphatic heterocycles. The van der Waals surface area contributed by atoms with E-state index in [4.69, 9.17) is 16.3 Å². The minimum Gasteiger partial charge on any atom is -0.465 e. The zero-order chi connectivity index (χ0) is 19.8. The molecule has 0 radical (unpaired) electrons. The highest BCUT2D eigenvalue weighted by Crippen LogP contribution is 2.16. The van der Waals surface area contributed by atoms with Crippen LogP contribution in [0, 0.1) is 17.7 Å². The van der Waals surface area contributed by atoms with Gasteiger partial charge in [-0.1, -0.05) is 53.8 Å². The summed E-state index contributed by atoms with van der Waals surface area (Å²) in [5.74, 6) is 6.28. The SMILES string of the molecule is C/C=C/Oc1ccc(CCc2ccc(C#Cc3ccc(Cl)cc3F)cc2)cc1. The molecule has 1 nitrogen and oxygen atoms in total. The van der Waals surface area contributed by atoms with E-state index in [0.717, 1.165) is 24.2 Å². The first-order chi connectivity index (χ1) is 13.6. The Kier molecular flexibility index (Phi) is 6.89. The van der Waals surface area contributed by atoms with Gasteiger partial charge in [-0.05, 0) is 73.4 Å². The molecule has 0 fully saturated rings. The third-order valence-electron chi connectivity index (χ3n) is 4.19. The summed E-state index contributed by atoms with van der Waals surface area (Å²) >= 11 is 5.76. The molecule has 0 aromatic heterocycles. The Morgan fingerprint density at radius 2 is 1.54 bits per heavy atom. The van der Waals surface area contributed by atoms with Gasteiger partial charge in [0.15, 0.2) is 0 Å². The number of ether oxygens (including phenoxy) is 1. The van der Waals surface area contributed by atoms with Gasteiger partial charge in [-0.2, -0.15) is 0 Å². The second kappa shape index (κ2) is 9.78. The van der Waals surface area contributed by atoms with Crippen LogP contribution in [-0.2, 0) is 12.8 Å². The van der Waals surface area contributed by atoms with Gasteiger partial charge in [0, 0.05) is 10.6 Å². The number of rotatable bonds is 5. The molecular weight excluding hydrogens is 371 g/mol. The molecule has 0 bridgehead atoms. The van der Waals surface area contributed by atoms with Crippen molar-refractivity contribution in [2.24, 2.45) is 0 Å². The molecule has 0 aliphatic carbocycles. The largest absolute Gasteiger partial charge is 0.465 e. The van der Waals surface area contributed by atoms with Crippen LogP contribution in [0.4, 0.5) is 4.39 Å². The first-order valence-corrected chi connectivity index (χ1v) is 9.44. The van der Waals surface area contributed by atoms with E-state index in [9.17, 15) is 4.39 Å². The number of hydrogen-bond donors (Lipinski definition) is 0. The Hall–Kier alpha value is -3.02. The Bertz CT molecular complexity index is 1010. The number of benzene rings is 3. The topological polar surface area (TPSA) is 9.23 Å². The van der Waals surface area contributed by atoms with Gasteiger partial charge in [0.2, 0.25) is 0 Å². The van der Waals surface area contributed by atoms with E-state index >= 15 is 0 Å². The number of allylic oxidation sites excluding steroid dienone is 1. The third kappa shape index (κ3) is 5.74. The zero-order valence-corrected chi connectivity index (χ0v) is 16.3. The fourth-order valence-corrected chi connectivity index (χ4v) is 2.81. The van der Waals surface area contributed by atoms with Crippen molar-refractivity contribution < 1.29 is 9.13 Å². The molecule has 3 heteroatoms. The van der Waals surface area contributed by atoms with Gasteiger partial charge in [0.05, 0.1) is 11.8 Å². The summed E-state index contributed by atoms with van der Waals surface area (Å²) in [7, 11) is 0. The zero-order valence-electron chi connectivity index (χ0n) is 15.6. The van der Waals surface area contributed by atoms with Gasteiger partial charge in [-0.15, -0.1) is 0 Å². The third-order valence-corrected chi connectivity index (χ3v) is 4.43. The van der Waals surface area contributed by atoms with Crippen molar-refractivity contribution in [3.05, 3.63) is 112 Å². The van der Waals surface area contributed by atoms with Gasteiger partial charge in [-0.3, -0.25) is 0 Å². The fraction of sp³-hybridized carbons (Fsp3) is 0.120. The molecule has 140 valence electrons. The second-order valence-electron chi connectivity index (χ2n) is 6.30. The molecule has 0 N–H and O–H groups in total. The fourth-order valence-electron chi connectivity index (χ4n) is 2.66. The highest BCUT2D eigenvalue weighted by molar-refractivity contribution is 6.30. The summed E-state index contributed by atoms with van der Waals surface area (Å²) in [5, 5.41) is 0.368. The van der Waals surface area contributed by atoms with Gasteiger partial charge in [0.1, 0.15) is 11.6 Å². The number of aryl methyl sites for hydroxylation is 2. The predicted octanol–water partition coefficient (Wildman–Crippen LogP) is 6.58. The first kappa shape index (κ1) is 19.7. The van der Waals surface area contributed by atoms with E-state index in [1.165, 1.54) is 17.2 Å². The van der Waals surface area contributed by atoms with Crippen LogP contribution in [0.25, 0.3) is 0 Å². The van der Waals surface area contributed by atoms with Crippen LogP contribution >= 0.6 is 11.6 Å². The van der Waals surface area contributed by atoms with Crippen molar-refractivity contribution in [3.63, 3.8) is 0 Å².